The van der Waals surface area contributed by atoms with Gasteiger partial charge in [0, 0.05) is 49.1 Å². The van der Waals surface area contributed by atoms with Crippen LogP contribution in [0, 0.1) is 12.8 Å². The first-order valence-corrected chi connectivity index (χ1v) is 10.9. The Morgan fingerprint density at radius 2 is 2.00 bits per heavy atom. The van der Waals surface area contributed by atoms with Crippen LogP contribution >= 0.6 is 11.5 Å². The van der Waals surface area contributed by atoms with Crippen LogP contribution in [-0.4, -0.2) is 53.8 Å². The Morgan fingerprint density at radius 3 is 2.67 bits per heavy atom. The van der Waals surface area contributed by atoms with Crippen LogP contribution in [0.4, 0.5) is 5.82 Å². The van der Waals surface area contributed by atoms with Crippen molar-refractivity contribution in [2.45, 2.75) is 13.3 Å². The van der Waals surface area contributed by atoms with E-state index < -0.39 is 11.4 Å². The second-order valence-electron chi connectivity index (χ2n) is 7.88. The second-order valence-corrected chi connectivity index (χ2v) is 8.64. The summed E-state index contributed by atoms with van der Waals surface area (Å²) in [5.41, 5.74) is 1.11. The number of carboxylic acid groups (broad SMARTS) is 1. The van der Waals surface area contributed by atoms with E-state index in [0.29, 0.717) is 30.5 Å². The lowest BCUT2D eigenvalue weighted by Gasteiger charge is -2.39. The first kappa shape index (κ1) is 20.9. The Hall–Kier alpha value is -3.99. The zero-order valence-electron chi connectivity index (χ0n) is 17.5. The van der Waals surface area contributed by atoms with E-state index in [-0.39, 0.29) is 28.3 Å². The number of carboxylic acids is 1. The quantitative estimate of drug-likeness (QED) is 0.456. The van der Waals surface area contributed by atoms with Crippen molar-refractivity contribution in [1.29, 1.82) is 0 Å². The molecule has 0 unspecified atom stereocenters. The summed E-state index contributed by atoms with van der Waals surface area (Å²) < 4.78 is 5.42. The average Bonchev–Trinajstić information content (AvgIpc) is 3.29. The third-order valence-corrected chi connectivity index (χ3v) is 6.28. The molecule has 10 nitrogen and oxygen atoms in total. The summed E-state index contributed by atoms with van der Waals surface area (Å²) in [5, 5.41) is 10.00. The highest BCUT2D eigenvalue weighted by Gasteiger charge is 2.33. The van der Waals surface area contributed by atoms with E-state index in [1.54, 1.807) is 18.3 Å². The lowest BCUT2D eigenvalue weighted by molar-refractivity contribution is -0.123. The molecule has 1 saturated heterocycles. The van der Waals surface area contributed by atoms with Gasteiger partial charge in [-0.25, -0.2) is 14.8 Å². The van der Waals surface area contributed by atoms with Gasteiger partial charge in [-0.05, 0) is 30.7 Å². The fraction of sp³-hybridized carbons (Fsp3) is 0.227. The summed E-state index contributed by atoms with van der Waals surface area (Å²) in [5.74, 6) is -0.720. The third kappa shape index (κ3) is 3.87. The number of anilines is 1. The molecular weight excluding hydrogens is 444 g/mol. The van der Waals surface area contributed by atoms with Crippen molar-refractivity contribution in [2.75, 3.05) is 18.0 Å². The zero-order valence-corrected chi connectivity index (χ0v) is 18.3. The van der Waals surface area contributed by atoms with Crippen molar-refractivity contribution in [3.05, 3.63) is 70.0 Å². The molecule has 5 rings (SSSR count). The van der Waals surface area contributed by atoms with E-state index >= 15 is 0 Å². The van der Waals surface area contributed by atoms with Gasteiger partial charge >= 0.3 is 5.97 Å². The summed E-state index contributed by atoms with van der Waals surface area (Å²) in [6, 6.07) is 7.04. The number of aromatic carboxylic acids is 1. The van der Waals surface area contributed by atoms with E-state index in [4.69, 9.17) is 0 Å². The molecule has 11 heteroatoms. The fourth-order valence-electron chi connectivity index (χ4n) is 3.74. The maximum Gasteiger partial charge on any atom is 0.341 e. The number of carbonyl (C=O) groups is 2. The molecule has 1 aliphatic rings. The van der Waals surface area contributed by atoms with Crippen molar-refractivity contribution in [3.8, 4) is 5.13 Å². The zero-order chi connectivity index (χ0) is 23.1. The first-order chi connectivity index (χ1) is 15.9. The smallest absolute Gasteiger partial charge is 0.341 e. The Morgan fingerprint density at radius 1 is 1.18 bits per heavy atom. The van der Waals surface area contributed by atoms with Crippen molar-refractivity contribution in [1.82, 2.24) is 23.9 Å². The van der Waals surface area contributed by atoms with Crippen molar-refractivity contribution >= 4 is 40.1 Å². The normalized spacial score (nSPS) is 13.8. The van der Waals surface area contributed by atoms with Crippen LogP contribution in [0.5, 0.6) is 0 Å². The molecular formula is C22H18N6O4S. The van der Waals surface area contributed by atoms with Crippen LogP contribution in [-0.2, 0) is 11.2 Å². The molecule has 33 heavy (non-hydrogen) atoms. The maximum atomic E-state index is 12.7. The monoisotopic (exact) mass is 462 g/mol. The summed E-state index contributed by atoms with van der Waals surface area (Å²) in [6.07, 6.45) is 4.62. The number of ketones is 1. The number of aromatic nitrogens is 5. The van der Waals surface area contributed by atoms with Crippen molar-refractivity contribution in [2.24, 2.45) is 5.92 Å². The van der Waals surface area contributed by atoms with Crippen LogP contribution < -0.4 is 10.3 Å². The first-order valence-electron chi connectivity index (χ1n) is 10.2. The van der Waals surface area contributed by atoms with E-state index in [2.05, 4.69) is 19.3 Å². The molecule has 0 saturated carbocycles. The minimum absolute atomic E-state index is 0.120. The number of hydrogen-bond donors (Lipinski definition) is 1. The van der Waals surface area contributed by atoms with Gasteiger partial charge in [-0.2, -0.15) is 4.37 Å². The Kier molecular flexibility index (Phi) is 5.17. The Labute approximate surface area is 191 Å². The van der Waals surface area contributed by atoms with Gasteiger partial charge in [0.1, 0.15) is 23.5 Å². The van der Waals surface area contributed by atoms with E-state index in [1.165, 1.54) is 17.1 Å². The van der Waals surface area contributed by atoms with Crippen LogP contribution in [0.25, 0.3) is 16.2 Å². The van der Waals surface area contributed by atoms with Crippen LogP contribution in [0.15, 0.2) is 47.8 Å². The van der Waals surface area contributed by atoms with Gasteiger partial charge in [-0.15, -0.1) is 0 Å². The predicted octanol–water partition coefficient (Wildman–Crippen LogP) is 1.89. The molecule has 1 aliphatic heterocycles. The van der Waals surface area contributed by atoms with Crippen LogP contribution in [0.1, 0.15) is 21.6 Å². The minimum Gasteiger partial charge on any atom is -0.477 e. The highest BCUT2D eigenvalue weighted by molar-refractivity contribution is 7.08. The number of aryl methyl sites for hydroxylation is 1. The largest absolute Gasteiger partial charge is 0.477 e. The minimum atomic E-state index is -1.32. The maximum absolute atomic E-state index is 12.7. The lowest BCUT2D eigenvalue weighted by atomic mass is 9.92. The summed E-state index contributed by atoms with van der Waals surface area (Å²) in [4.78, 5) is 51.8. The van der Waals surface area contributed by atoms with Gasteiger partial charge in [-0.1, -0.05) is 6.07 Å². The molecule has 5 heterocycles. The molecule has 4 aromatic heterocycles. The number of nitrogens with zero attached hydrogens (tertiary/aromatic N) is 6. The number of rotatable bonds is 6. The molecule has 0 amide bonds. The molecule has 0 aliphatic carbocycles. The van der Waals surface area contributed by atoms with Gasteiger partial charge in [-0.3, -0.25) is 19.1 Å². The summed E-state index contributed by atoms with van der Waals surface area (Å²) in [7, 11) is 0. The lowest BCUT2D eigenvalue weighted by Crippen LogP contribution is -2.51. The number of hydrogen-bond acceptors (Lipinski definition) is 9. The highest BCUT2D eigenvalue weighted by atomic mass is 32.1. The number of carbonyl (C=O) groups excluding carboxylic acids is 1. The molecule has 0 spiro atoms. The van der Waals surface area contributed by atoms with Crippen LogP contribution in [0.3, 0.4) is 0 Å². The molecule has 1 N–H and O–H groups in total. The number of Topliss-reactive ketones (excluding diaryl/α,β-unsaturated/α-hetero) is 1. The fourth-order valence-corrected chi connectivity index (χ4v) is 4.25. The van der Waals surface area contributed by atoms with E-state index in [9.17, 15) is 19.5 Å². The second kappa shape index (κ2) is 8.17. The van der Waals surface area contributed by atoms with Gasteiger partial charge in [0.05, 0.1) is 11.3 Å². The van der Waals surface area contributed by atoms with E-state index in [1.807, 2.05) is 24.0 Å². The van der Waals surface area contributed by atoms with Crippen molar-refractivity contribution < 1.29 is 14.7 Å². The Bertz CT molecular complexity index is 1430. The molecule has 166 valence electrons. The average molecular weight is 462 g/mol. The van der Waals surface area contributed by atoms with Crippen molar-refractivity contribution in [3.63, 3.8) is 0 Å². The standard InChI is InChI=1S/C22H18N6O4S/c1-12-2-3-14(23-7-12)6-17(29)13-8-27(9-13)18-5-4-15-19(30)16(21(31)32)10-28(20(15)26-18)22-24-11-25-33-22/h2-5,7,10-11,13H,6,8-9H2,1H3,(H,31,32). The third-order valence-electron chi connectivity index (χ3n) is 5.61. The molecule has 1 fully saturated rings. The summed E-state index contributed by atoms with van der Waals surface area (Å²) >= 11 is 1.06. The highest BCUT2D eigenvalue weighted by Crippen LogP contribution is 2.27. The molecule has 0 aromatic carbocycles. The molecule has 0 radical (unpaired) electrons. The number of pyridine rings is 3. The van der Waals surface area contributed by atoms with Crippen LogP contribution in [0.2, 0.25) is 0 Å². The van der Waals surface area contributed by atoms with E-state index in [0.717, 1.165) is 22.8 Å². The topological polar surface area (TPSA) is 131 Å². The summed E-state index contributed by atoms with van der Waals surface area (Å²) in [6.45, 7) is 2.98. The molecule has 0 atom stereocenters. The van der Waals surface area contributed by atoms with Gasteiger partial charge < -0.3 is 10.0 Å². The Balaban J connectivity index is 1.41. The predicted molar refractivity (Wildman–Crippen MR) is 121 cm³/mol. The van der Waals surface area contributed by atoms with Gasteiger partial charge in [0.2, 0.25) is 10.6 Å². The van der Waals surface area contributed by atoms with Gasteiger partial charge in [0.15, 0.2) is 5.65 Å². The molecule has 0 bridgehead atoms. The molecule has 4 aromatic rings. The van der Waals surface area contributed by atoms with Gasteiger partial charge in [0.25, 0.3) is 0 Å². The number of fused-ring (bicyclic) bond motifs is 1. The SMILES string of the molecule is Cc1ccc(CC(=O)C2CN(c3ccc4c(=O)c(C(=O)O)cn(-c5ncns5)c4n3)C2)nc1.